The monoisotopic (exact) mass is 425 g/mol. The predicted molar refractivity (Wildman–Crippen MR) is 107 cm³/mol. The number of ether oxygens (including phenoxy) is 1. The zero-order valence-electron chi connectivity index (χ0n) is 15.8. The minimum Gasteiger partial charge on any atom is -0.493 e. The molecule has 0 aliphatic carbocycles. The minimum atomic E-state index is -3.08. The van der Waals surface area contributed by atoms with Gasteiger partial charge in [0.15, 0.2) is 9.84 Å². The Kier molecular flexibility index (Phi) is 6.67. The maximum Gasteiger partial charge on any atom is 0.223 e. The van der Waals surface area contributed by atoms with Crippen molar-refractivity contribution in [3.8, 4) is 5.75 Å². The Morgan fingerprint density at radius 2 is 2.18 bits per heavy atom. The van der Waals surface area contributed by atoms with Crippen LogP contribution in [-0.4, -0.2) is 43.4 Å². The van der Waals surface area contributed by atoms with Gasteiger partial charge < -0.3 is 14.1 Å². The van der Waals surface area contributed by atoms with Crippen LogP contribution in [0.2, 0.25) is 5.02 Å². The van der Waals surface area contributed by atoms with Crippen LogP contribution in [0.4, 0.5) is 0 Å². The van der Waals surface area contributed by atoms with Gasteiger partial charge in [-0.05, 0) is 55.7 Å². The number of aryl methyl sites for hydroxylation is 1. The van der Waals surface area contributed by atoms with E-state index in [0.29, 0.717) is 30.2 Å². The maximum atomic E-state index is 12.8. The van der Waals surface area contributed by atoms with E-state index in [1.807, 2.05) is 19.1 Å². The molecule has 1 atom stereocenters. The van der Waals surface area contributed by atoms with E-state index in [9.17, 15) is 13.2 Å². The Hall–Kier alpha value is -1.99. The second kappa shape index (κ2) is 9.01. The molecular formula is C20H24ClNO5S. The van der Waals surface area contributed by atoms with Gasteiger partial charge in [-0.3, -0.25) is 4.79 Å². The largest absolute Gasteiger partial charge is 0.493 e. The lowest BCUT2D eigenvalue weighted by atomic mass is 10.1. The molecule has 0 radical (unpaired) electrons. The molecule has 8 heteroatoms. The van der Waals surface area contributed by atoms with Gasteiger partial charge in [0.25, 0.3) is 0 Å². The fourth-order valence-electron chi connectivity index (χ4n) is 3.34. The third kappa shape index (κ3) is 5.52. The highest BCUT2D eigenvalue weighted by Gasteiger charge is 2.34. The van der Waals surface area contributed by atoms with Crippen molar-refractivity contribution in [1.29, 1.82) is 0 Å². The van der Waals surface area contributed by atoms with Crippen molar-refractivity contribution in [3.63, 3.8) is 0 Å². The zero-order chi connectivity index (χ0) is 20.1. The van der Waals surface area contributed by atoms with Crippen LogP contribution in [0, 0.1) is 6.92 Å². The molecule has 1 fully saturated rings. The molecule has 1 amide bonds. The van der Waals surface area contributed by atoms with Crippen molar-refractivity contribution in [3.05, 3.63) is 52.9 Å². The third-order valence-corrected chi connectivity index (χ3v) is 6.79. The molecule has 152 valence electrons. The van der Waals surface area contributed by atoms with Gasteiger partial charge in [0.2, 0.25) is 5.91 Å². The molecular weight excluding hydrogens is 402 g/mol. The van der Waals surface area contributed by atoms with E-state index in [-0.39, 0.29) is 36.4 Å². The molecule has 0 bridgehead atoms. The highest BCUT2D eigenvalue weighted by atomic mass is 35.5. The summed E-state index contributed by atoms with van der Waals surface area (Å²) in [6.07, 6.45) is 2.83. The van der Waals surface area contributed by atoms with Crippen LogP contribution in [0.25, 0.3) is 0 Å². The smallest absolute Gasteiger partial charge is 0.223 e. The molecule has 3 rings (SSSR count). The zero-order valence-corrected chi connectivity index (χ0v) is 17.3. The van der Waals surface area contributed by atoms with E-state index >= 15 is 0 Å². The van der Waals surface area contributed by atoms with Crippen molar-refractivity contribution < 1.29 is 22.4 Å². The SMILES string of the molecule is Cc1cc(Cl)ccc1OCCCC(=O)N(Cc1ccco1)C1CCS(=O)(=O)C1. The van der Waals surface area contributed by atoms with Gasteiger partial charge in [0.1, 0.15) is 11.5 Å². The van der Waals surface area contributed by atoms with Crippen molar-refractivity contribution in [1.82, 2.24) is 4.90 Å². The highest BCUT2D eigenvalue weighted by Crippen LogP contribution is 2.23. The molecule has 6 nitrogen and oxygen atoms in total. The van der Waals surface area contributed by atoms with Crippen LogP contribution in [0.3, 0.4) is 0 Å². The van der Waals surface area contributed by atoms with Gasteiger partial charge in [-0.15, -0.1) is 0 Å². The van der Waals surface area contributed by atoms with Crippen LogP contribution in [0.5, 0.6) is 5.75 Å². The molecule has 0 saturated carbocycles. The van der Waals surface area contributed by atoms with Crippen LogP contribution in [-0.2, 0) is 21.2 Å². The summed E-state index contributed by atoms with van der Waals surface area (Å²) in [6, 6.07) is 8.64. The van der Waals surface area contributed by atoms with Crippen molar-refractivity contribution in [2.75, 3.05) is 18.1 Å². The van der Waals surface area contributed by atoms with Crippen molar-refractivity contribution in [2.45, 2.75) is 38.8 Å². The Morgan fingerprint density at radius 3 is 2.82 bits per heavy atom. The van der Waals surface area contributed by atoms with Crippen LogP contribution >= 0.6 is 11.6 Å². The first-order chi connectivity index (χ1) is 13.3. The number of amides is 1. The number of carbonyl (C=O) groups excluding carboxylic acids is 1. The Balaban J connectivity index is 1.56. The first-order valence-corrected chi connectivity index (χ1v) is 11.5. The summed E-state index contributed by atoms with van der Waals surface area (Å²) in [5.41, 5.74) is 0.939. The second-order valence-electron chi connectivity index (χ2n) is 7.02. The van der Waals surface area contributed by atoms with Gasteiger partial charge in [-0.1, -0.05) is 11.6 Å². The van der Waals surface area contributed by atoms with Crippen LogP contribution in [0.15, 0.2) is 41.0 Å². The quantitative estimate of drug-likeness (QED) is 0.604. The standard InChI is InChI=1S/C20H24ClNO5S/c1-15-12-16(21)6-7-19(15)27-10-3-5-20(23)22(13-18-4-2-9-26-18)17-8-11-28(24,25)14-17/h2,4,6-7,9,12,17H,3,5,8,10-11,13-14H2,1H3. The van der Waals surface area contributed by atoms with E-state index in [0.717, 1.165) is 11.3 Å². The van der Waals surface area contributed by atoms with Crippen molar-refractivity contribution in [2.24, 2.45) is 0 Å². The molecule has 1 unspecified atom stereocenters. The summed E-state index contributed by atoms with van der Waals surface area (Å²) < 4.78 is 34.8. The normalized spacial score (nSPS) is 18.1. The summed E-state index contributed by atoms with van der Waals surface area (Å²) in [6.45, 7) is 2.59. The Labute approximate surface area is 170 Å². The summed E-state index contributed by atoms with van der Waals surface area (Å²) in [4.78, 5) is 14.4. The van der Waals surface area contributed by atoms with Gasteiger partial charge in [0, 0.05) is 17.5 Å². The number of benzene rings is 1. The Morgan fingerprint density at radius 1 is 1.36 bits per heavy atom. The van der Waals surface area contributed by atoms with E-state index in [1.54, 1.807) is 29.4 Å². The summed E-state index contributed by atoms with van der Waals surface area (Å²) in [5.74, 6) is 1.44. The lowest BCUT2D eigenvalue weighted by molar-refractivity contribution is -0.134. The van der Waals surface area contributed by atoms with Gasteiger partial charge in [0.05, 0.1) is 30.9 Å². The van der Waals surface area contributed by atoms with Crippen LogP contribution < -0.4 is 4.74 Å². The molecule has 0 N–H and O–H groups in total. The van der Waals surface area contributed by atoms with Crippen LogP contribution in [0.1, 0.15) is 30.6 Å². The fourth-order valence-corrected chi connectivity index (χ4v) is 5.29. The number of hydrogen-bond donors (Lipinski definition) is 0. The first-order valence-electron chi connectivity index (χ1n) is 9.25. The predicted octanol–water partition coefficient (Wildman–Crippen LogP) is 3.62. The number of halogens is 1. The van der Waals surface area contributed by atoms with E-state index in [4.69, 9.17) is 20.8 Å². The summed E-state index contributed by atoms with van der Waals surface area (Å²) in [7, 11) is -3.08. The molecule has 1 aromatic carbocycles. The number of furan rings is 1. The molecule has 2 aromatic rings. The second-order valence-corrected chi connectivity index (χ2v) is 9.68. The molecule has 1 aliphatic rings. The van der Waals surface area contributed by atoms with Crippen molar-refractivity contribution >= 4 is 27.3 Å². The maximum absolute atomic E-state index is 12.8. The van der Waals surface area contributed by atoms with E-state index < -0.39 is 9.84 Å². The first kappa shape index (κ1) is 20.7. The number of rotatable bonds is 8. The molecule has 28 heavy (non-hydrogen) atoms. The highest BCUT2D eigenvalue weighted by molar-refractivity contribution is 7.91. The van der Waals surface area contributed by atoms with Gasteiger partial charge >= 0.3 is 0 Å². The lowest BCUT2D eigenvalue weighted by Crippen LogP contribution is -2.40. The molecule has 1 aromatic heterocycles. The molecule has 2 heterocycles. The minimum absolute atomic E-state index is 0.0138. The molecule has 0 spiro atoms. The number of sulfone groups is 1. The third-order valence-electron chi connectivity index (χ3n) is 4.81. The average molecular weight is 426 g/mol. The summed E-state index contributed by atoms with van der Waals surface area (Å²) in [5, 5.41) is 0.653. The van der Waals surface area contributed by atoms with E-state index in [1.165, 1.54) is 0 Å². The lowest BCUT2D eigenvalue weighted by Gasteiger charge is -2.27. The fraction of sp³-hybridized carbons (Fsp3) is 0.450. The average Bonchev–Trinajstić information content (AvgIpc) is 3.27. The number of nitrogens with zero attached hydrogens (tertiary/aromatic N) is 1. The molecule has 1 aliphatic heterocycles. The number of carbonyl (C=O) groups is 1. The topological polar surface area (TPSA) is 76.8 Å². The molecule has 1 saturated heterocycles. The number of hydrogen-bond acceptors (Lipinski definition) is 5. The van der Waals surface area contributed by atoms with Gasteiger partial charge in [-0.25, -0.2) is 8.42 Å². The van der Waals surface area contributed by atoms with E-state index in [2.05, 4.69) is 0 Å². The summed E-state index contributed by atoms with van der Waals surface area (Å²) >= 11 is 5.94. The van der Waals surface area contributed by atoms with Gasteiger partial charge in [-0.2, -0.15) is 0 Å². The Bertz CT molecular complexity index is 911.